The maximum absolute atomic E-state index is 12.3. The Labute approximate surface area is 224 Å². The monoisotopic (exact) mass is 560 g/mol. The summed E-state index contributed by atoms with van der Waals surface area (Å²) in [5.74, 6) is 0. The average molecular weight is 561 g/mol. The minimum absolute atomic E-state index is 0.0773. The molecule has 14 heteroatoms. The van der Waals surface area contributed by atoms with Crippen LogP contribution in [-0.4, -0.2) is 53.0 Å². The molecule has 0 radical (unpaired) electrons. The van der Waals surface area contributed by atoms with Gasteiger partial charge in [-0.05, 0) is 18.9 Å². The molecular weight excluding hydrogens is 517 g/mol. The number of nitrogens with one attached hydrogen (secondary N) is 1. The molecule has 0 amide bonds. The first kappa shape index (κ1) is 30.6. The fourth-order valence-electron chi connectivity index (χ4n) is 4.17. The Morgan fingerprint density at radius 2 is 1.84 bits per heavy atom. The van der Waals surface area contributed by atoms with E-state index in [2.05, 4.69) is 21.9 Å². The van der Waals surface area contributed by atoms with E-state index in [4.69, 9.17) is 25.4 Å². The predicted octanol–water partition coefficient (Wildman–Crippen LogP) is 4.88. The molecular formula is C24H42N5O8P. The lowest BCUT2D eigenvalue weighted by Gasteiger charge is -2.18. The number of azide groups is 1. The molecule has 1 fully saturated rings. The number of phosphoric ester groups is 1. The van der Waals surface area contributed by atoms with E-state index >= 15 is 0 Å². The summed E-state index contributed by atoms with van der Waals surface area (Å²) in [5.41, 5.74) is 7.92. The van der Waals surface area contributed by atoms with E-state index < -0.39 is 50.6 Å². The molecule has 5 atom stereocenters. The molecule has 38 heavy (non-hydrogen) atoms. The smallest absolute Gasteiger partial charge is 0.379 e. The highest BCUT2D eigenvalue weighted by Gasteiger charge is 2.38. The molecule has 2 unspecified atom stereocenters. The van der Waals surface area contributed by atoms with Crippen LogP contribution < -0.4 is 11.2 Å². The Hall–Kier alpha value is -1.98. The highest BCUT2D eigenvalue weighted by atomic mass is 31.2. The van der Waals surface area contributed by atoms with Crippen molar-refractivity contribution >= 4 is 7.82 Å². The minimum Gasteiger partial charge on any atom is -0.379 e. The van der Waals surface area contributed by atoms with Crippen LogP contribution in [0.5, 0.6) is 0 Å². The van der Waals surface area contributed by atoms with Gasteiger partial charge in [-0.3, -0.25) is 23.4 Å². The Bertz CT molecular complexity index is 1080. The maximum atomic E-state index is 12.3. The third-order valence-corrected chi connectivity index (χ3v) is 7.19. The lowest BCUT2D eigenvalue weighted by molar-refractivity contribution is -0.0293. The van der Waals surface area contributed by atoms with E-state index in [1.165, 1.54) is 58.1 Å². The number of aromatic amines is 1. The second-order valence-corrected chi connectivity index (χ2v) is 10.8. The van der Waals surface area contributed by atoms with E-state index in [0.717, 1.165) is 23.8 Å². The van der Waals surface area contributed by atoms with Gasteiger partial charge in [0.15, 0.2) is 0 Å². The third kappa shape index (κ3) is 11.8. The standard InChI is InChI=1S/C24H42N5O8P/c1-3-4-5-6-7-8-9-10-11-12-13-34-14-15-35-38(32,33)36-18-21-20(27-28-25)16-22(37-21)29-17-19(2)23(30)26-24(29)31/h17,20-22H,3-16,18H2,1-2H3,(H,32,33)(H,26,30,31)/t20-,21+,22+/m0/s1/i15D/t15?,20-,21+,22+. The number of hydrogen-bond donors (Lipinski definition) is 2. The van der Waals surface area contributed by atoms with Gasteiger partial charge in [0.1, 0.15) is 6.23 Å². The van der Waals surface area contributed by atoms with Gasteiger partial charge in [0.05, 0.1) is 33.3 Å². The number of unbranched alkanes of at least 4 members (excludes halogenated alkanes) is 9. The fraction of sp³-hybridized carbons (Fsp3) is 0.833. The van der Waals surface area contributed by atoms with Crippen LogP contribution in [0.25, 0.3) is 10.4 Å². The molecule has 2 heterocycles. The number of ether oxygens (including phenoxy) is 2. The van der Waals surface area contributed by atoms with Crippen molar-refractivity contribution in [3.8, 4) is 0 Å². The van der Waals surface area contributed by atoms with Gasteiger partial charge < -0.3 is 14.4 Å². The van der Waals surface area contributed by atoms with Gasteiger partial charge in [0, 0.05) is 29.7 Å². The summed E-state index contributed by atoms with van der Waals surface area (Å²) in [7, 11) is -4.65. The molecule has 0 saturated carbocycles. The van der Waals surface area contributed by atoms with Crippen LogP contribution in [0, 0.1) is 6.92 Å². The van der Waals surface area contributed by atoms with E-state index in [1.54, 1.807) is 0 Å². The number of H-pyrrole nitrogens is 1. The number of hydrogen-bond acceptors (Lipinski definition) is 8. The van der Waals surface area contributed by atoms with Crippen molar-refractivity contribution in [1.29, 1.82) is 0 Å². The van der Waals surface area contributed by atoms with Crippen LogP contribution in [0.15, 0.2) is 20.9 Å². The van der Waals surface area contributed by atoms with Gasteiger partial charge in [-0.25, -0.2) is 9.36 Å². The molecule has 0 aliphatic carbocycles. The van der Waals surface area contributed by atoms with Crippen molar-refractivity contribution in [3.63, 3.8) is 0 Å². The molecule has 1 saturated heterocycles. The second-order valence-electron chi connectivity index (χ2n) is 9.41. The second kappa shape index (κ2) is 17.6. The van der Waals surface area contributed by atoms with Crippen LogP contribution in [0.1, 0.15) is 90.7 Å². The van der Waals surface area contributed by atoms with E-state index in [9.17, 15) is 19.0 Å². The van der Waals surface area contributed by atoms with Gasteiger partial charge in [0.25, 0.3) is 5.56 Å². The van der Waals surface area contributed by atoms with Crippen LogP contribution in [0.3, 0.4) is 0 Å². The van der Waals surface area contributed by atoms with Crippen molar-refractivity contribution in [1.82, 2.24) is 9.55 Å². The average Bonchev–Trinajstić information content (AvgIpc) is 3.28. The zero-order chi connectivity index (χ0) is 28.7. The molecule has 2 rings (SSSR count). The van der Waals surface area contributed by atoms with Crippen LogP contribution in [0.2, 0.25) is 0 Å². The van der Waals surface area contributed by atoms with E-state index in [0.29, 0.717) is 6.61 Å². The largest absolute Gasteiger partial charge is 0.472 e. The first-order chi connectivity index (χ1) is 18.7. The molecule has 13 nitrogen and oxygen atoms in total. The molecule has 0 bridgehead atoms. The summed E-state index contributed by atoms with van der Waals surface area (Å²) >= 11 is 0. The normalized spacial score (nSPS) is 22.0. The summed E-state index contributed by atoms with van der Waals surface area (Å²) in [6.07, 6.45) is 11.5. The number of aromatic nitrogens is 2. The quantitative estimate of drug-likeness (QED) is 0.0744. The van der Waals surface area contributed by atoms with E-state index in [1.807, 2.05) is 0 Å². The SMILES string of the molecule is [2H]C(COCCCCCCCCCCCC)OP(=O)(O)OC[C@H]1O[C@@H](n2cc(C)c(=O)[nH]c2=O)C[C@@H]1N=[N+]=[N-]. The topological polar surface area (TPSA) is 178 Å². The highest BCUT2D eigenvalue weighted by molar-refractivity contribution is 7.47. The van der Waals surface area contributed by atoms with E-state index in [-0.39, 0.29) is 18.6 Å². The molecule has 0 aromatic carbocycles. The number of nitrogens with zero attached hydrogens (tertiary/aromatic N) is 4. The Morgan fingerprint density at radius 3 is 2.50 bits per heavy atom. The Kier molecular flexibility index (Phi) is 14.1. The number of aryl methyl sites for hydroxylation is 1. The van der Waals surface area contributed by atoms with Crippen molar-refractivity contribution in [2.75, 3.05) is 26.4 Å². The summed E-state index contributed by atoms with van der Waals surface area (Å²) in [4.78, 5) is 38.8. The Balaban J connectivity index is 1.69. The van der Waals surface area contributed by atoms with Crippen molar-refractivity contribution in [3.05, 3.63) is 43.0 Å². The number of phosphoric acid groups is 1. The molecule has 1 aromatic heterocycles. The first-order valence-corrected chi connectivity index (χ1v) is 14.8. The van der Waals surface area contributed by atoms with Crippen molar-refractivity contribution in [2.24, 2.45) is 5.11 Å². The molecule has 1 aliphatic rings. The summed E-state index contributed by atoms with van der Waals surface area (Å²) in [6, 6.07) is -0.810. The summed E-state index contributed by atoms with van der Waals surface area (Å²) in [6.45, 7) is 2.05. The first-order valence-electron chi connectivity index (χ1n) is 13.9. The molecule has 1 aliphatic heterocycles. The maximum Gasteiger partial charge on any atom is 0.472 e. The van der Waals surface area contributed by atoms with Gasteiger partial charge in [-0.1, -0.05) is 69.8 Å². The number of rotatable bonds is 20. The molecule has 216 valence electrons. The predicted molar refractivity (Wildman–Crippen MR) is 142 cm³/mol. The molecule has 1 aromatic rings. The van der Waals surface area contributed by atoms with Gasteiger partial charge in [0.2, 0.25) is 0 Å². The van der Waals surface area contributed by atoms with Crippen molar-refractivity contribution < 1.29 is 29.4 Å². The van der Waals surface area contributed by atoms with Crippen LogP contribution in [0.4, 0.5) is 0 Å². The van der Waals surface area contributed by atoms with Gasteiger partial charge in [-0.15, -0.1) is 0 Å². The zero-order valence-electron chi connectivity index (χ0n) is 23.3. The summed E-state index contributed by atoms with van der Waals surface area (Å²) < 4.78 is 42.3. The van der Waals surface area contributed by atoms with Crippen molar-refractivity contribution in [2.45, 2.75) is 103 Å². The molecule has 0 spiro atoms. The van der Waals surface area contributed by atoms with Gasteiger partial charge >= 0.3 is 13.5 Å². The van der Waals surface area contributed by atoms with Gasteiger partial charge in [-0.2, -0.15) is 0 Å². The Morgan fingerprint density at radius 1 is 1.18 bits per heavy atom. The zero-order valence-corrected chi connectivity index (χ0v) is 23.2. The molecule has 2 N–H and O–H groups in total. The minimum atomic E-state index is -4.65. The lowest BCUT2D eigenvalue weighted by atomic mass is 10.1. The third-order valence-electron chi connectivity index (χ3n) is 6.30. The fourth-order valence-corrected chi connectivity index (χ4v) is 4.81. The lowest BCUT2D eigenvalue weighted by Crippen LogP contribution is -2.33. The summed E-state index contributed by atoms with van der Waals surface area (Å²) in [5, 5.41) is 3.63. The van der Waals surface area contributed by atoms with Crippen LogP contribution >= 0.6 is 7.82 Å². The highest BCUT2D eigenvalue weighted by Crippen LogP contribution is 2.44. The van der Waals surface area contributed by atoms with Crippen LogP contribution in [-0.2, 0) is 23.1 Å².